The highest BCUT2D eigenvalue weighted by Gasteiger charge is 2.42. The molecule has 3 heterocycles. The van der Waals surface area contributed by atoms with Crippen LogP contribution in [0.3, 0.4) is 0 Å². The predicted molar refractivity (Wildman–Crippen MR) is 79.1 cm³/mol. The number of hydrogen-bond donors (Lipinski definition) is 1. The lowest BCUT2D eigenvalue weighted by Gasteiger charge is -2.32. The minimum absolute atomic E-state index is 0.0162. The Labute approximate surface area is 135 Å². The molecule has 3 rings (SSSR count). The molecule has 1 saturated heterocycles. The third kappa shape index (κ3) is 2.91. The summed E-state index contributed by atoms with van der Waals surface area (Å²) in [5.41, 5.74) is 6.40. The van der Waals surface area contributed by atoms with Gasteiger partial charge in [0.2, 0.25) is 5.95 Å². The predicted octanol–water partition coefficient (Wildman–Crippen LogP) is 0.904. The average Bonchev–Trinajstić information content (AvgIpc) is 2.79. The number of imidazole rings is 1. The molecule has 0 bridgehead atoms. The molecular formula is C13H14ClN5O4. The van der Waals surface area contributed by atoms with E-state index < -0.39 is 23.6 Å². The normalized spacial score (nSPS) is 18.0. The highest BCUT2D eigenvalue weighted by molar-refractivity contribution is 6.33. The number of carbonyl (C=O) groups excluding carboxylic acids is 2. The summed E-state index contributed by atoms with van der Waals surface area (Å²) in [4.78, 5) is 35.9. The van der Waals surface area contributed by atoms with E-state index in [1.165, 1.54) is 20.2 Å². The van der Waals surface area contributed by atoms with Gasteiger partial charge in [0.05, 0.1) is 6.33 Å². The number of ether oxygens (including phenoxy) is 2. The molecule has 10 heteroatoms. The summed E-state index contributed by atoms with van der Waals surface area (Å²) in [7, 11) is 0. The quantitative estimate of drug-likeness (QED) is 0.497. The number of halogens is 1. The van der Waals surface area contributed by atoms with Gasteiger partial charge in [-0.15, -0.1) is 0 Å². The molecule has 122 valence electrons. The second-order valence-electron chi connectivity index (χ2n) is 5.57. The molecule has 0 unspecified atom stereocenters. The molecule has 1 fully saturated rings. The topological polar surface area (TPSA) is 122 Å². The van der Waals surface area contributed by atoms with Crippen molar-refractivity contribution in [3.63, 3.8) is 0 Å². The summed E-state index contributed by atoms with van der Waals surface area (Å²) in [5.74, 6) is -3.43. The minimum atomic E-state index is -1.23. The molecule has 0 aromatic carbocycles. The fourth-order valence-electron chi connectivity index (χ4n) is 2.34. The molecule has 2 aromatic rings. The first kappa shape index (κ1) is 15.5. The van der Waals surface area contributed by atoms with Gasteiger partial charge < -0.3 is 19.8 Å². The molecule has 0 spiro atoms. The van der Waals surface area contributed by atoms with Crippen LogP contribution in [-0.2, 0) is 25.6 Å². The number of hydrogen-bond acceptors (Lipinski definition) is 8. The van der Waals surface area contributed by atoms with Crippen LogP contribution in [-0.4, -0.2) is 37.2 Å². The number of esters is 2. The number of aryl methyl sites for hydroxylation is 1. The Hall–Kier alpha value is -2.42. The van der Waals surface area contributed by atoms with Crippen LogP contribution >= 0.6 is 11.6 Å². The minimum Gasteiger partial charge on any atom is -0.422 e. The van der Waals surface area contributed by atoms with Crippen LogP contribution in [0.25, 0.3) is 11.2 Å². The number of fused-ring (bicyclic) bond motifs is 1. The van der Waals surface area contributed by atoms with Crippen molar-refractivity contribution in [3.8, 4) is 0 Å². The zero-order valence-electron chi connectivity index (χ0n) is 12.4. The van der Waals surface area contributed by atoms with Crippen molar-refractivity contribution in [2.24, 2.45) is 5.92 Å². The maximum Gasteiger partial charge on any atom is 0.323 e. The fourth-order valence-corrected chi connectivity index (χ4v) is 2.56. The molecule has 0 saturated carbocycles. The van der Waals surface area contributed by atoms with Crippen molar-refractivity contribution >= 4 is 40.7 Å². The number of carbonyl (C=O) groups is 2. The molecule has 0 atom stereocenters. The van der Waals surface area contributed by atoms with E-state index in [4.69, 9.17) is 26.8 Å². The van der Waals surface area contributed by atoms with Gasteiger partial charge >= 0.3 is 11.9 Å². The van der Waals surface area contributed by atoms with Crippen molar-refractivity contribution < 1.29 is 19.1 Å². The Balaban J connectivity index is 1.79. The van der Waals surface area contributed by atoms with Gasteiger partial charge in [-0.25, -0.2) is 4.98 Å². The Bertz CT molecular complexity index is 783. The molecule has 0 radical (unpaired) electrons. The lowest BCUT2D eigenvalue weighted by molar-refractivity contribution is -0.240. The number of cyclic esters (lactones) is 2. The monoisotopic (exact) mass is 339 g/mol. The van der Waals surface area contributed by atoms with Gasteiger partial charge in [0, 0.05) is 20.4 Å². The molecule has 1 aliphatic heterocycles. The number of nitrogen functional groups attached to an aromatic ring is 1. The van der Waals surface area contributed by atoms with E-state index >= 15 is 0 Å². The average molecular weight is 340 g/mol. The van der Waals surface area contributed by atoms with Crippen molar-refractivity contribution in [2.45, 2.75) is 32.6 Å². The Morgan fingerprint density at radius 3 is 2.61 bits per heavy atom. The molecule has 23 heavy (non-hydrogen) atoms. The molecule has 9 nitrogen and oxygen atoms in total. The first-order valence-corrected chi connectivity index (χ1v) is 7.24. The third-order valence-electron chi connectivity index (χ3n) is 3.36. The maximum absolute atomic E-state index is 11.9. The van der Waals surface area contributed by atoms with Gasteiger partial charge in [-0.05, 0) is 6.42 Å². The van der Waals surface area contributed by atoms with E-state index in [0.717, 1.165) is 0 Å². The number of anilines is 1. The van der Waals surface area contributed by atoms with Crippen molar-refractivity contribution in [3.05, 3.63) is 11.5 Å². The highest BCUT2D eigenvalue weighted by atomic mass is 35.5. The number of aromatic nitrogens is 4. The van der Waals surface area contributed by atoms with E-state index in [1.807, 2.05) is 0 Å². The van der Waals surface area contributed by atoms with E-state index in [-0.39, 0.29) is 17.5 Å². The summed E-state index contributed by atoms with van der Waals surface area (Å²) >= 11 is 5.95. The van der Waals surface area contributed by atoms with Crippen LogP contribution in [0.2, 0.25) is 5.15 Å². The zero-order chi connectivity index (χ0) is 16.8. The summed E-state index contributed by atoms with van der Waals surface area (Å²) in [6.07, 6.45) is 1.68. The van der Waals surface area contributed by atoms with Gasteiger partial charge in [0.25, 0.3) is 5.79 Å². The van der Waals surface area contributed by atoms with Crippen molar-refractivity contribution in [1.82, 2.24) is 19.5 Å². The number of rotatable bonds is 3. The van der Waals surface area contributed by atoms with Crippen molar-refractivity contribution in [2.75, 3.05) is 5.73 Å². The lowest BCUT2D eigenvalue weighted by atomic mass is 10.0. The van der Waals surface area contributed by atoms with Crippen LogP contribution < -0.4 is 5.73 Å². The van der Waals surface area contributed by atoms with Crippen LogP contribution in [0.4, 0.5) is 5.95 Å². The molecule has 2 N–H and O–H groups in total. The van der Waals surface area contributed by atoms with Crippen LogP contribution in [0.5, 0.6) is 0 Å². The van der Waals surface area contributed by atoms with Crippen LogP contribution in [0, 0.1) is 5.92 Å². The van der Waals surface area contributed by atoms with Crippen LogP contribution in [0.15, 0.2) is 6.33 Å². The lowest BCUT2D eigenvalue weighted by Crippen LogP contribution is -2.46. The Morgan fingerprint density at radius 2 is 1.96 bits per heavy atom. The molecule has 2 aromatic heterocycles. The molecule has 0 aliphatic carbocycles. The second kappa shape index (κ2) is 5.34. The summed E-state index contributed by atoms with van der Waals surface area (Å²) in [5, 5.41) is 0.143. The first-order chi connectivity index (χ1) is 10.8. The van der Waals surface area contributed by atoms with Gasteiger partial charge in [-0.2, -0.15) is 9.97 Å². The van der Waals surface area contributed by atoms with Gasteiger partial charge in [0.1, 0.15) is 5.52 Å². The van der Waals surface area contributed by atoms with Crippen LogP contribution in [0.1, 0.15) is 20.3 Å². The van der Waals surface area contributed by atoms with Crippen molar-refractivity contribution in [1.29, 1.82) is 0 Å². The standard InChI is InChI=1S/C13H14ClN5O4/c1-13(2)22-10(20)6(11(21)23-13)3-4-19-5-16-7-8(14)17-12(15)18-9(7)19/h5-6H,3-4H2,1-2H3,(H2,15,17,18). The van der Waals surface area contributed by atoms with E-state index in [2.05, 4.69) is 15.0 Å². The zero-order valence-corrected chi connectivity index (χ0v) is 13.2. The van der Waals surface area contributed by atoms with Gasteiger partial charge in [-0.1, -0.05) is 11.6 Å². The fraction of sp³-hybridized carbons (Fsp3) is 0.462. The largest absolute Gasteiger partial charge is 0.422 e. The second-order valence-corrected chi connectivity index (χ2v) is 5.92. The summed E-state index contributed by atoms with van der Waals surface area (Å²) in [6, 6.07) is 0. The molecule has 0 amide bonds. The van der Waals surface area contributed by atoms with E-state index in [9.17, 15) is 9.59 Å². The molecular weight excluding hydrogens is 326 g/mol. The number of nitrogens with zero attached hydrogens (tertiary/aromatic N) is 4. The van der Waals surface area contributed by atoms with E-state index in [1.54, 1.807) is 4.57 Å². The summed E-state index contributed by atoms with van der Waals surface area (Å²) < 4.78 is 11.8. The highest BCUT2D eigenvalue weighted by Crippen LogP contribution is 2.26. The van der Waals surface area contributed by atoms with Gasteiger partial charge in [0.15, 0.2) is 16.7 Å². The smallest absolute Gasteiger partial charge is 0.323 e. The number of nitrogens with two attached hydrogens (primary N) is 1. The van der Waals surface area contributed by atoms with Gasteiger partial charge in [-0.3, -0.25) is 9.59 Å². The SMILES string of the molecule is CC1(C)OC(=O)C(CCn2cnc3c(Cl)nc(N)nc32)C(=O)O1. The Kier molecular flexibility index (Phi) is 3.59. The first-order valence-electron chi connectivity index (χ1n) is 6.86. The molecule has 1 aliphatic rings. The Morgan fingerprint density at radius 1 is 1.30 bits per heavy atom. The third-order valence-corrected chi connectivity index (χ3v) is 3.62. The van der Waals surface area contributed by atoms with E-state index in [0.29, 0.717) is 17.7 Å². The summed E-state index contributed by atoms with van der Waals surface area (Å²) in [6.45, 7) is 3.30. The maximum atomic E-state index is 11.9.